The molecule has 6 heteroatoms. The normalized spacial score (nSPS) is 11.7. The van der Waals surface area contributed by atoms with Crippen LogP contribution in [0, 0.1) is 6.92 Å². The number of hydrogen-bond acceptors (Lipinski definition) is 4. The summed E-state index contributed by atoms with van der Waals surface area (Å²) in [7, 11) is 0. The molecule has 2 N–H and O–H groups in total. The molecule has 0 amide bonds. The predicted molar refractivity (Wildman–Crippen MR) is 92.0 cm³/mol. The molecular weight excluding hydrogens is 288 g/mol. The van der Waals surface area contributed by atoms with Gasteiger partial charge in [0.15, 0.2) is 11.5 Å². The van der Waals surface area contributed by atoms with Crippen LogP contribution in [0.1, 0.15) is 25.6 Å². The molecule has 3 heterocycles. The van der Waals surface area contributed by atoms with Crippen LogP contribution < -0.4 is 5.32 Å². The number of aryl methyl sites for hydroxylation is 1. The van der Waals surface area contributed by atoms with Gasteiger partial charge in [0.25, 0.3) is 0 Å². The van der Waals surface area contributed by atoms with Gasteiger partial charge in [-0.1, -0.05) is 12.1 Å². The molecule has 0 aliphatic rings. The Hall–Kier alpha value is -2.89. The number of aromatic nitrogens is 5. The van der Waals surface area contributed by atoms with Crippen molar-refractivity contribution in [3.05, 3.63) is 42.2 Å². The van der Waals surface area contributed by atoms with Crippen molar-refractivity contribution >= 4 is 33.4 Å². The van der Waals surface area contributed by atoms with E-state index in [0.717, 1.165) is 39.1 Å². The minimum atomic E-state index is 0.285. The number of nitrogens with zero attached hydrogens (tertiary/aromatic N) is 4. The Morgan fingerprint density at radius 3 is 2.83 bits per heavy atom. The van der Waals surface area contributed by atoms with E-state index in [1.165, 1.54) is 0 Å². The summed E-state index contributed by atoms with van der Waals surface area (Å²) in [5.74, 6) is 0.802. The minimum absolute atomic E-state index is 0.285. The van der Waals surface area contributed by atoms with Crippen LogP contribution in [-0.4, -0.2) is 25.0 Å². The number of benzene rings is 1. The van der Waals surface area contributed by atoms with Gasteiger partial charge >= 0.3 is 0 Å². The number of rotatable bonds is 3. The minimum Gasteiger partial charge on any atom is -0.337 e. The van der Waals surface area contributed by atoms with Gasteiger partial charge in [0.1, 0.15) is 0 Å². The molecule has 0 aliphatic carbocycles. The molecule has 116 valence electrons. The third-order valence-electron chi connectivity index (χ3n) is 3.95. The summed E-state index contributed by atoms with van der Waals surface area (Å²) in [4.78, 5) is 4.58. The molecule has 0 fully saturated rings. The smallest absolute Gasteiger partial charge is 0.160 e. The van der Waals surface area contributed by atoms with Crippen LogP contribution in [-0.2, 0) is 0 Å². The summed E-state index contributed by atoms with van der Waals surface area (Å²) >= 11 is 0. The zero-order valence-corrected chi connectivity index (χ0v) is 13.3. The third-order valence-corrected chi connectivity index (χ3v) is 3.95. The van der Waals surface area contributed by atoms with E-state index in [1.807, 2.05) is 42.1 Å². The molecule has 0 unspecified atom stereocenters. The van der Waals surface area contributed by atoms with Crippen molar-refractivity contribution in [1.82, 2.24) is 25.0 Å². The summed E-state index contributed by atoms with van der Waals surface area (Å²) in [5, 5.41) is 17.4. The largest absolute Gasteiger partial charge is 0.337 e. The zero-order chi connectivity index (χ0) is 16.0. The molecule has 1 aromatic carbocycles. The molecule has 4 aromatic rings. The Labute approximate surface area is 133 Å². The van der Waals surface area contributed by atoms with Gasteiger partial charge in [0.2, 0.25) is 0 Å². The van der Waals surface area contributed by atoms with Crippen molar-refractivity contribution < 1.29 is 0 Å². The maximum absolute atomic E-state index is 4.58. The molecule has 0 saturated carbocycles. The monoisotopic (exact) mass is 306 g/mol. The number of anilines is 2. The van der Waals surface area contributed by atoms with Gasteiger partial charge in [-0.2, -0.15) is 10.2 Å². The Bertz CT molecular complexity index is 995. The molecule has 23 heavy (non-hydrogen) atoms. The lowest BCUT2D eigenvalue weighted by Gasteiger charge is -2.07. The van der Waals surface area contributed by atoms with Gasteiger partial charge in [-0.15, -0.1) is 0 Å². The molecule has 3 aromatic heterocycles. The number of aromatic amines is 1. The third kappa shape index (κ3) is 2.23. The fraction of sp³-hybridized carbons (Fsp3) is 0.235. The number of nitrogens with one attached hydrogen (secondary N) is 2. The van der Waals surface area contributed by atoms with Crippen LogP contribution in [0.5, 0.6) is 0 Å². The topological polar surface area (TPSA) is 71.4 Å². The maximum atomic E-state index is 4.58. The summed E-state index contributed by atoms with van der Waals surface area (Å²) < 4.78 is 1.96. The SMILES string of the molecule is Cc1nn(C(C)C)c2ncc(Nc3n[nH]c4ccccc34)cc12. The Balaban J connectivity index is 1.76. The Morgan fingerprint density at radius 1 is 1.17 bits per heavy atom. The Kier molecular flexibility index (Phi) is 3.04. The van der Waals surface area contributed by atoms with Gasteiger partial charge < -0.3 is 5.32 Å². The highest BCUT2D eigenvalue weighted by Gasteiger charge is 2.12. The van der Waals surface area contributed by atoms with Crippen molar-refractivity contribution in [2.75, 3.05) is 5.32 Å². The van der Waals surface area contributed by atoms with Crippen LogP contribution in [0.15, 0.2) is 36.5 Å². The molecule has 0 bridgehead atoms. The Morgan fingerprint density at radius 2 is 2.00 bits per heavy atom. The highest BCUT2D eigenvalue weighted by atomic mass is 15.3. The molecule has 0 radical (unpaired) electrons. The number of para-hydroxylation sites is 1. The van der Waals surface area contributed by atoms with E-state index in [-0.39, 0.29) is 6.04 Å². The fourth-order valence-electron chi connectivity index (χ4n) is 2.79. The lowest BCUT2D eigenvalue weighted by Crippen LogP contribution is -2.03. The van der Waals surface area contributed by atoms with Gasteiger partial charge in [0, 0.05) is 16.8 Å². The van der Waals surface area contributed by atoms with Crippen molar-refractivity contribution in [2.24, 2.45) is 0 Å². The van der Waals surface area contributed by atoms with Crippen LogP contribution in [0.25, 0.3) is 21.9 Å². The van der Waals surface area contributed by atoms with Gasteiger partial charge in [-0.3, -0.25) is 5.10 Å². The lowest BCUT2D eigenvalue weighted by atomic mass is 10.2. The maximum Gasteiger partial charge on any atom is 0.160 e. The molecular formula is C17H18N6. The number of pyridine rings is 1. The van der Waals surface area contributed by atoms with Crippen molar-refractivity contribution in [2.45, 2.75) is 26.8 Å². The number of H-pyrrole nitrogens is 1. The second-order valence-electron chi connectivity index (χ2n) is 5.96. The van der Waals surface area contributed by atoms with Crippen LogP contribution in [0.2, 0.25) is 0 Å². The molecule has 0 aliphatic heterocycles. The molecule has 0 spiro atoms. The van der Waals surface area contributed by atoms with E-state index in [9.17, 15) is 0 Å². The first-order valence-electron chi connectivity index (χ1n) is 7.68. The molecule has 0 saturated heterocycles. The van der Waals surface area contributed by atoms with E-state index in [4.69, 9.17) is 0 Å². The fourth-order valence-corrected chi connectivity index (χ4v) is 2.79. The second kappa shape index (κ2) is 5.08. The lowest BCUT2D eigenvalue weighted by molar-refractivity contribution is 0.542. The van der Waals surface area contributed by atoms with E-state index >= 15 is 0 Å². The van der Waals surface area contributed by atoms with Gasteiger partial charge in [-0.05, 0) is 39.0 Å². The van der Waals surface area contributed by atoms with Gasteiger partial charge in [0.05, 0.1) is 23.1 Å². The average molecular weight is 306 g/mol. The highest BCUT2D eigenvalue weighted by Crippen LogP contribution is 2.26. The first-order chi connectivity index (χ1) is 11.1. The van der Waals surface area contributed by atoms with Crippen molar-refractivity contribution in [3.63, 3.8) is 0 Å². The van der Waals surface area contributed by atoms with E-state index < -0.39 is 0 Å². The number of hydrogen-bond donors (Lipinski definition) is 2. The number of fused-ring (bicyclic) bond motifs is 2. The van der Waals surface area contributed by atoms with Crippen molar-refractivity contribution in [1.29, 1.82) is 0 Å². The summed E-state index contributed by atoms with van der Waals surface area (Å²) in [5.41, 5.74) is 3.81. The first-order valence-corrected chi connectivity index (χ1v) is 7.68. The van der Waals surface area contributed by atoms with Crippen LogP contribution >= 0.6 is 0 Å². The highest BCUT2D eigenvalue weighted by molar-refractivity contribution is 5.92. The first kappa shape index (κ1) is 13.8. The standard InChI is InChI=1S/C17H18N6/c1-10(2)23-17-14(11(3)22-23)8-12(9-18-17)19-16-13-6-4-5-7-15(13)20-21-16/h4-10H,1-3H3,(H2,19,20,21). The second-order valence-corrected chi connectivity index (χ2v) is 5.96. The molecule has 0 atom stereocenters. The van der Waals surface area contributed by atoms with Crippen molar-refractivity contribution in [3.8, 4) is 0 Å². The van der Waals surface area contributed by atoms with E-state index in [1.54, 1.807) is 0 Å². The summed E-state index contributed by atoms with van der Waals surface area (Å²) in [6, 6.07) is 10.4. The predicted octanol–water partition coefficient (Wildman–Crippen LogP) is 3.94. The molecule has 6 nitrogen and oxygen atoms in total. The zero-order valence-electron chi connectivity index (χ0n) is 13.3. The molecule has 4 rings (SSSR count). The van der Waals surface area contributed by atoms with Crippen LogP contribution in [0.4, 0.5) is 11.5 Å². The summed E-state index contributed by atoms with van der Waals surface area (Å²) in [6.07, 6.45) is 1.83. The quantitative estimate of drug-likeness (QED) is 0.601. The van der Waals surface area contributed by atoms with Gasteiger partial charge in [-0.25, -0.2) is 9.67 Å². The summed E-state index contributed by atoms with van der Waals surface area (Å²) in [6.45, 7) is 6.22. The van der Waals surface area contributed by atoms with E-state index in [2.05, 4.69) is 45.5 Å². The average Bonchev–Trinajstić information content (AvgIpc) is 3.10. The van der Waals surface area contributed by atoms with E-state index in [0.29, 0.717) is 0 Å². The van der Waals surface area contributed by atoms with Crippen LogP contribution in [0.3, 0.4) is 0 Å².